The van der Waals surface area contributed by atoms with E-state index >= 15 is 0 Å². The second kappa shape index (κ2) is 20.1. The minimum absolute atomic E-state index is 0.0140. The predicted octanol–water partition coefficient (Wildman–Crippen LogP) is 4.99. The average Bonchev–Trinajstić information content (AvgIpc) is 3.27. The number of carbonyl (C=O) groups excluding carboxylic acids is 3. The minimum atomic E-state index is -0.152. The number of hydrogen-bond donors (Lipinski definition) is 1. The van der Waals surface area contributed by atoms with Gasteiger partial charge in [-0.1, -0.05) is 29.7 Å². The van der Waals surface area contributed by atoms with Crippen LogP contribution in [0.4, 0.5) is 0 Å². The van der Waals surface area contributed by atoms with Crippen LogP contribution in [0.25, 0.3) is 16.2 Å². The molecule has 8 nitrogen and oxygen atoms in total. The number of rotatable bonds is 16. The number of benzene rings is 2. The molecule has 3 aromatic rings. The molecule has 0 aliphatic heterocycles. The molecular formula is C31H38ClN4O4S2Tc+. The van der Waals surface area contributed by atoms with E-state index in [1.165, 1.54) is 0 Å². The van der Waals surface area contributed by atoms with Crippen LogP contribution in [0.15, 0.2) is 42.5 Å². The molecule has 0 unspecified atom stereocenters. The first-order valence-electron chi connectivity index (χ1n) is 14.2. The molecule has 43 heavy (non-hydrogen) atoms. The summed E-state index contributed by atoms with van der Waals surface area (Å²) >= 11 is 16.8. The summed E-state index contributed by atoms with van der Waals surface area (Å²) in [5, 5.41) is 8.59. The molecule has 0 fully saturated rings. The van der Waals surface area contributed by atoms with Gasteiger partial charge in [0.2, 0.25) is 5.91 Å². The topological polar surface area (TPSA) is 103 Å². The van der Waals surface area contributed by atoms with Gasteiger partial charge in [-0.25, -0.2) is 0 Å². The Labute approximate surface area is 280 Å². The van der Waals surface area contributed by atoms with Crippen LogP contribution in [-0.4, -0.2) is 71.4 Å². The van der Waals surface area contributed by atoms with Crippen molar-refractivity contribution >= 4 is 65.5 Å². The van der Waals surface area contributed by atoms with Gasteiger partial charge in [-0.05, 0) is 88.2 Å². The van der Waals surface area contributed by atoms with Crippen molar-refractivity contribution < 1.29 is 36.7 Å². The van der Waals surface area contributed by atoms with Gasteiger partial charge in [0.25, 0.3) is 5.91 Å². The van der Waals surface area contributed by atoms with Crippen molar-refractivity contribution in [2.45, 2.75) is 46.0 Å². The van der Waals surface area contributed by atoms with Gasteiger partial charge in [0, 0.05) is 41.2 Å². The number of aryl methyl sites for hydroxylation is 1. The Kier molecular flexibility index (Phi) is 17.4. The first-order valence-corrected chi connectivity index (χ1v) is 16.5. The quantitative estimate of drug-likeness (QED) is 0.164. The van der Waals surface area contributed by atoms with Crippen LogP contribution in [0.1, 0.15) is 52.9 Å². The fraction of sp³-hybridized carbons (Fsp3) is 0.452. The monoisotopic (exact) mass is 726 g/mol. The van der Waals surface area contributed by atoms with Crippen LogP contribution in [0.5, 0.6) is 0 Å². The Balaban J connectivity index is 0.00000316. The summed E-state index contributed by atoms with van der Waals surface area (Å²) in [4.78, 5) is 39.9. The number of nitrogens with one attached hydrogen (secondary N) is 1. The summed E-state index contributed by atoms with van der Waals surface area (Å²) in [5.41, 5.74) is 4.47. The standard InChI is InChI=1S/C31H41ClN4O3S2.O.Tc/c1-22-7-12-28-27(20-22)26(23(2)36(28)31(39)24-8-10-25(32)11-9-24)13-14-33-29(37)6-4-3-5-16-35(17-19-41)21-30(38)34-15-18-40;;/h7-12,20H,3-6,13-19,21H2,1-2H3,(H4,33,34,37,38,40,41);;/q;;+4/p-3. The van der Waals surface area contributed by atoms with Crippen molar-refractivity contribution in [3.05, 3.63) is 75.2 Å². The van der Waals surface area contributed by atoms with Gasteiger partial charge in [0.05, 0.1) is 11.4 Å². The van der Waals surface area contributed by atoms with Crippen LogP contribution in [0.3, 0.4) is 0 Å². The van der Waals surface area contributed by atoms with E-state index in [0.717, 1.165) is 72.4 Å². The summed E-state index contributed by atoms with van der Waals surface area (Å²) in [6.45, 7) is 6.56. The van der Waals surface area contributed by atoms with Gasteiger partial charge in [-0.15, -0.1) is 0 Å². The molecule has 3 rings (SSSR count). The molecular weight excluding hydrogens is 690 g/mol. The normalized spacial score (nSPS) is 10.9. The fourth-order valence-corrected chi connectivity index (χ4v) is 5.40. The molecule has 0 atom stereocenters. The van der Waals surface area contributed by atoms with Crippen molar-refractivity contribution in [2.75, 3.05) is 44.2 Å². The van der Waals surface area contributed by atoms with E-state index in [9.17, 15) is 14.4 Å². The second-order valence-corrected chi connectivity index (χ2v) is 11.4. The third-order valence-electron chi connectivity index (χ3n) is 7.01. The van der Waals surface area contributed by atoms with Crippen LogP contribution in [0.2, 0.25) is 5.02 Å². The maximum absolute atomic E-state index is 13.4. The predicted molar refractivity (Wildman–Crippen MR) is 173 cm³/mol. The summed E-state index contributed by atoms with van der Waals surface area (Å²) in [7, 11) is 0. The molecule has 0 bridgehead atoms. The van der Waals surface area contributed by atoms with E-state index in [0.29, 0.717) is 54.6 Å². The van der Waals surface area contributed by atoms with Crippen molar-refractivity contribution in [3.8, 4) is 0 Å². The number of unbranched alkanes of at least 4 members (excludes halogenated alkanes) is 2. The molecule has 1 aromatic heterocycles. The molecule has 0 radical (unpaired) electrons. The molecule has 12 heteroatoms. The summed E-state index contributed by atoms with van der Waals surface area (Å²) < 4.78 is 9.98. The van der Waals surface area contributed by atoms with Gasteiger partial charge < -0.3 is 40.7 Å². The first-order chi connectivity index (χ1) is 20.7. The third kappa shape index (κ3) is 11.8. The number of nitrogens with zero attached hydrogens (tertiary/aromatic N) is 3. The Bertz CT molecular complexity index is 1350. The van der Waals surface area contributed by atoms with Crippen molar-refractivity contribution in [3.63, 3.8) is 0 Å². The Morgan fingerprint density at radius 2 is 1.70 bits per heavy atom. The molecule has 231 valence electrons. The first kappa shape index (κ1) is 37.2. The average molecular weight is 728 g/mol. The fourth-order valence-electron chi connectivity index (χ4n) is 4.92. The summed E-state index contributed by atoms with van der Waals surface area (Å²) in [6.07, 6.45) is 3.62. The van der Waals surface area contributed by atoms with Crippen LogP contribution in [-0.2, 0) is 63.6 Å². The van der Waals surface area contributed by atoms with E-state index in [2.05, 4.69) is 16.7 Å². The number of amides is 2. The number of halogens is 1. The number of aromatic nitrogens is 1. The van der Waals surface area contributed by atoms with Crippen LogP contribution >= 0.6 is 11.6 Å². The van der Waals surface area contributed by atoms with Crippen molar-refractivity contribution in [1.82, 2.24) is 14.8 Å². The Hall–Kier alpha value is -2.01. The molecule has 1 N–H and O–H groups in total. The van der Waals surface area contributed by atoms with E-state index in [1.54, 1.807) is 28.8 Å². The third-order valence-corrected chi connectivity index (χ3v) is 7.62. The van der Waals surface area contributed by atoms with Crippen LogP contribution in [0, 0.1) is 13.8 Å². The van der Waals surface area contributed by atoms with Crippen molar-refractivity contribution in [1.29, 1.82) is 0 Å². The van der Waals surface area contributed by atoms with Gasteiger partial charge >= 0.3 is 22.4 Å². The van der Waals surface area contributed by atoms with Crippen LogP contribution < -0.4 is 5.32 Å². The van der Waals surface area contributed by atoms with E-state index in [1.807, 2.05) is 30.9 Å². The zero-order chi connectivity index (χ0) is 31.8. The molecule has 2 amide bonds. The van der Waals surface area contributed by atoms with E-state index < -0.39 is 0 Å². The SMILES string of the molecule is Cc1ccc2c(c1)c(CCNC(=O)CCCCCN(CC[S-])CC(=O)[N-]CC[S-])c(C)n2C(=O)c1ccc(Cl)cc1.[O]=[Tc+4]. The zero-order valence-corrected chi connectivity index (χ0v) is 28.8. The zero-order valence-electron chi connectivity index (χ0n) is 24.6. The molecule has 0 aliphatic carbocycles. The van der Waals surface area contributed by atoms with Gasteiger partial charge in [0.15, 0.2) is 0 Å². The molecule has 2 aromatic carbocycles. The molecule has 0 aliphatic rings. The summed E-state index contributed by atoms with van der Waals surface area (Å²) in [5.74, 6) is 0.760. The van der Waals surface area contributed by atoms with Gasteiger partial charge in [-0.3, -0.25) is 19.1 Å². The van der Waals surface area contributed by atoms with Gasteiger partial charge in [-0.2, -0.15) is 18.1 Å². The van der Waals surface area contributed by atoms with Gasteiger partial charge in [0.1, 0.15) is 0 Å². The maximum atomic E-state index is 13.4. The molecule has 1 heterocycles. The van der Waals surface area contributed by atoms with Crippen molar-refractivity contribution in [2.24, 2.45) is 0 Å². The van der Waals surface area contributed by atoms with E-state index in [-0.39, 0.29) is 24.3 Å². The number of fused-ring (bicyclic) bond motifs is 1. The Morgan fingerprint density at radius 1 is 0.977 bits per heavy atom. The molecule has 0 saturated carbocycles. The number of carbonyl (C=O) groups is 3. The summed E-state index contributed by atoms with van der Waals surface area (Å²) in [6, 6.07) is 13.0. The van der Waals surface area contributed by atoms with E-state index in [4.69, 9.17) is 40.4 Å². The molecule has 0 spiro atoms. The Morgan fingerprint density at radius 3 is 2.37 bits per heavy atom. The second-order valence-electron chi connectivity index (χ2n) is 10.1. The molecule has 0 saturated heterocycles. The number of hydrogen-bond acceptors (Lipinski definition) is 7.